The van der Waals surface area contributed by atoms with E-state index in [1.165, 1.54) is 14.2 Å². The fourth-order valence-electron chi connectivity index (χ4n) is 2.37. The Kier molecular flexibility index (Phi) is 6.17. The second-order valence-corrected chi connectivity index (χ2v) is 5.19. The molecule has 23 heavy (non-hydrogen) atoms. The molecule has 2 rings (SSSR count). The van der Waals surface area contributed by atoms with Crippen LogP contribution in [0, 0.1) is 0 Å². The fourth-order valence-corrected chi connectivity index (χ4v) is 2.37. The van der Waals surface area contributed by atoms with Gasteiger partial charge in [0.1, 0.15) is 35.9 Å². The maximum atomic E-state index is 9.93. The quantitative estimate of drug-likeness (QED) is 0.526. The third-order valence-electron chi connectivity index (χ3n) is 3.74. The maximum Gasteiger partial charge on any atom is 0.187 e. The van der Waals surface area contributed by atoms with Gasteiger partial charge in [0, 0.05) is 5.56 Å². The van der Waals surface area contributed by atoms with E-state index in [1.54, 1.807) is 18.2 Å². The molecular formula is C15H22O8. The first-order chi connectivity index (χ1) is 11.0. The number of rotatable bonds is 6. The molecule has 1 aliphatic heterocycles. The molecule has 0 aliphatic carbocycles. The van der Waals surface area contributed by atoms with Crippen LogP contribution in [-0.2, 0) is 16.1 Å². The fraction of sp³-hybridized carbons (Fsp3) is 0.600. The Bertz CT molecular complexity index is 506. The number of aliphatic hydroxyl groups excluding tert-OH is 4. The van der Waals surface area contributed by atoms with Gasteiger partial charge < -0.3 is 39.4 Å². The van der Waals surface area contributed by atoms with Crippen LogP contribution in [-0.4, -0.2) is 72.0 Å². The van der Waals surface area contributed by atoms with E-state index in [9.17, 15) is 15.3 Å². The first-order valence-electron chi connectivity index (χ1n) is 7.14. The minimum atomic E-state index is -1.47. The van der Waals surface area contributed by atoms with Crippen LogP contribution in [0.15, 0.2) is 18.2 Å². The average molecular weight is 330 g/mol. The molecule has 4 N–H and O–H groups in total. The zero-order valence-electron chi connectivity index (χ0n) is 13.0. The van der Waals surface area contributed by atoms with Gasteiger partial charge in [-0.1, -0.05) is 0 Å². The Balaban J connectivity index is 2.07. The Morgan fingerprint density at radius 1 is 1.04 bits per heavy atom. The van der Waals surface area contributed by atoms with Gasteiger partial charge in [-0.25, -0.2) is 0 Å². The van der Waals surface area contributed by atoms with Crippen molar-refractivity contribution in [2.75, 3.05) is 20.8 Å². The molecule has 1 fully saturated rings. The van der Waals surface area contributed by atoms with Gasteiger partial charge in [0.15, 0.2) is 6.29 Å². The molecule has 0 unspecified atom stereocenters. The first kappa shape index (κ1) is 17.9. The van der Waals surface area contributed by atoms with Crippen molar-refractivity contribution in [3.63, 3.8) is 0 Å². The summed E-state index contributed by atoms with van der Waals surface area (Å²) in [5, 5.41) is 38.5. The summed E-state index contributed by atoms with van der Waals surface area (Å²) in [5.41, 5.74) is 0.656. The highest BCUT2D eigenvalue weighted by atomic mass is 16.7. The van der Waals surface area contributed by atoms with Crippen molar-refractivity contribution >= 4 is 0 Å². The van der Waals surface area contributed by atoms with Gasteiger partial charge in [-0.15, -0.1) is 0 Å². The molecule has 0 saturated carbocycles. The topological polar surface area (TPSA) is 118 Å². The van der Waals surface area contributed by atoms with Gasteiger partial charge >= 0.3 is 0 Å². The minimum absolute atomic E-state index is 0.0169. The lowest BCUT2D eigenvalue weighted by Gasteiger charge is -2.39. The zero-order chi connectivity index (χ0) is 17.0. The van der Waals surface area contributed by atoms with Crippen molar-refractivity contribution in [2.24, 2.45) is 0 Å². The molecule has 0 spiro atoms. The van der Waals surface area contributed by atoms with E-state index in [0.717, 1.165) is 0 Å². The average Bonchev–Trinajstić information content (AvgIpc) is 2.58. The largest absolute Gasteiger partial charge is 0.497 e. The van der Waals surface area contributed by atoms with Gasteiger partial charge in [0.2, 0.25) is 0 Å². The number of benzene rings is 1. The molecular weight excluding hydrogens is 308 g/mol. The third kappa shape index (κ3) is 3.92. The summed E-state index contributed by atoms with van der Waals surface area (Å²) < 4.78 is 21.1. The minimum Gasteiger partial charge on any atom is -0.497 e. The van der Waals surface area contributed by atoms with Gasteiger partial charge in [-0.05, 0) is 18.2 Å². The Morgan fingerprint density at radius 2 is 1.78 bits per heavy atom. The number of ether oxygens (including phenoxy) is 4. The van der Waals surface area contributed by atoms with E-state index in [2.05, 4.69) is 0 Å². The molecule has 1 aliphatic rings. The van der Waals surface area contributed by atoms with E-state index in [0.29, 0.717) is 17.1 Å². The first-order valence-corrected chi connectivity index (χ1v) is 7.14. The number of aliphatic hydroxyl groups is 4. The molecule has 0 radical (unpaired) electrons. The molecule has 0 amide bonds. The van der Waals surface area contributed by atoms with Crippen LogP contribution < -0.4 is 9.47 Å². The highest BCUT2D eigenvalue weighted by molar-refractivity contribution is 5.39. The summed E-state index contributed by atoms with van der Waals surface area (Å²) in [6.45, 7) is -0.490. The summed E-state index contributed by atoms with van der Waals surface area (Å²) in [7, 11) is 3.04. The smallest absolute Gasteiger partial charge is 0.187 e. The van der Waals surface area contributed by atoms with Crippen molar-refractivity contribution in [3.8, 4) is 11.5 Å². The van der Waals surface area contributed by atoms with Crippen LogP contribution >= 0.6 is 0 Å². The lowest BCUT2D eigenvalue weighted by atomic mass is 9.99. The molecule has 5 atom stereocenters. The molecule has 0 bridgehead atoms. The molecule has 1 saturated heterocycles. The van der Waals surface area contributed by atoms with Gasteiger partial charge in [0.05, 0.1) is 27.4 Å². The van der Waals surface area contributed by atoms with Gasteiger partial charge in [0.25, 0.3) is 0 Å². The van der Waals surface area contributed by atoms with Crippen molar-refractivity contribution in [3.05, 3.63) is 23.8 Å². The highest BCUT2D eigenvalue weighted by Crippen LogP contribution is 2.27. The summed E-state index contributed by atoms with van der Waals surface area (Å²) in [6, 6.07) is 5.16. The maximum absolute atomic E-state index is 9.93. The zero-order valence-corrected chi connectivity index (χ0v) is 13.0. The van der Waals surface area contributed by atoms with Crippen molar-refractivity contribution in [1.82, 2.24) is 0 Å². The monoisotopic (exact) mass is 330 g/mol. The molecule has 8 nitrogen and oxygen atoms in total. The second kappa shape index (κ2) is 7.91. The van der Waals surface area contributed by atoms with E-state index < -0.39 is 37.3 Å². The van der Waals surface area contributed by atoms with E-state index in [4.69, 9.17) is 24.1 Å². The normalized spacial score (nSPS) is 31.0. The summed E-state index contributed by atoms with van der Waals surface area (Å²) in [5.74, 6) is 1.17. The van der Waals surface area contributed by atoms with E-state index in [1.807, 2.05) is 0 Å². The number of hydrogen-bond donors (Lipinski definition) is 4. The van der Waals surface area contributed by atoms with Crippen LogP contribution in [0.3, 0.4) is 0 Å². The number of methoxy groups -OCH3 is 2. The lowest BCUT2D eigenvalue weighted by Crippen LogP contribution is -2.59. The molecule has 1 heterocycles. The van der Waals surface area contributed by atoms with Crippen LogP contribution in [0.4, 0.5) is 0 Å². The highest BCUT2D eigenvalue weighted by Gasteiger charge is 2.44. The van der Waals surface area contributed by atoms with Crippen LogP contribution in [0.1, 0.15) is 5.56 Å². The van der Waals surface area contributed by atoms with E-state index in [-0.39, 0.29) is 6.61 Å². The molecule has 0 aromatic heterocycles. The molecule has 130 valence electrons. The summed E-state index contributed by atoms with van der Waals surface area (Å²) in [6.07, 6.45) is -6.53. The van der Waals surface area contributed by atoms with Crippen LogP contribution in [0.25, 0.3) is 0 Å². The van der Waals surface area contributed by atoms with Gasteiger partial charge in [-0.2, -0.15) is 0 Å². The van der Waals surface area contributed by atoms with E-state index >= 15 is 0 Å². The summed E-state index contributed by atoms with van der Waals surface area (Å²) >= 11 is 0. The standard InChI is InChI=1S/C15H22O8/c1-20-9-3-4-10(21-2)8(5-9)7-22-15-14(19)13(18)12(17)11(6-16)23-15/h3-5,11-19H,6-7H2,1-2H3/t11-,12-,13+,14-,15-/m1/s1. The molecule has 1 aromatic carbocycles. The molecule has 8 heteroatoms. The summed E-state index contributed by atoms with van der Waals surface area (Å²) in [4.78, 5) is 0. The van der Waals surface area contributed by atoms with Crippen LogP contribution in [0.5, 0.6) is 11.5 Å². The predicted molar refractivity (Wildman–Crippen MR) is 78.1 cm³/mol. The lowest BCUT2D eigenvalue weighted by molar-refractivity contribution is -0.304. The third-order valence-corrected chi connectivity index (χ3v) is 3.74. The Hall–Kier alpha value is -1.42. The predicted octanol–water partition coefficient (Wildman–Crippen LogP) is -0.980. The van der Waals surface area contributed by atoms with Crippen molar-refractivity contribution in [1.29, 1.82) is 0 Å². The van der Waals surface area contributed by atoms with Crippen molar-refractivity contribution < 1.29 is 39.4 Å². The Labute approximate surface area is 133 Å². The van der Waals surface area contributed by atoms with Crippen molar-refractivity contribution in [2.45, 2.75) is 37.3 Å². The van der Waals surface area contributed by atoms with Crippen LogP contribution in [0.2, 0.25) is 0 Å². The molecule has 1 aromatic rings. The number of hydrogen-bond acceptors (Lipinski definition) is 8. The SMILES string of the molecule is COc1ccc(OC)c(CO[C@@H]2O[C@H](CO)[C@@H](O)[C@H](O)[C@H]2O)c1. The van der Waals surface area contributed by atoms with Gasteiger partial charge in [-0.3, -0.25) is 0 Å². The Morgan fingerprint density at radius 3 is 2.39 bits per heavy atom. The second-order valence-electron chi connectivity index (χ2n) is 5.19.